The summed E-state index contributed by atoms with van der Waals surface area (Å²) in [6, 6.07) is 32.6. The third kappa shape index (κ3) is 6.25. The van der Waals surface area contributed by atoms with E-state index in [-0.39, 0.29) is 0 Å². The average molecular weight is 535 g/mol. The maximum absolute atomic E-state index is 6.61. The van der Waals surface area contributed by atoms with Crippen LogP contribution in [0.5, 0.6) is 23.0 Å². The smallest absolute Gasteiger partial charge is 0.126 e. The molecule has 0 bridgehead atoms. The second-order valence-corrected chi connectivity index (χ2v) is 12.2. The lowest BCUT2D eigenvalue weighted by atomic mass is 10.3. The molecule has 0 aromatic heterocycles. The van der Waals surface area contributed by atoms with Crippen LogP contribution in [0.2, 0.25) is 0 Å². The minimum absolute atomic E-state index is 0.513. The lowest BCUT2D eigenvalue weighted by Crippen LogP contribution is -2.21. The minimum Gasteiger partial charge on any atom is -0.496 e. The summed E-state index contributed by atoms with van der Waals surface area (Å²) in [4.78, 5) is 0. The quantitative estimate of drug-likeness (QED) is 0.233. The van der Waals surface area contributed by atoms with E-state index in [1.807, 2.05) is 72.8 Å². The Kier molecular flexibility index (Phi) is 9.79. The van der Waals surface area contributed by atoms with E-state index in [1.54, 1.807) is 28.4 Å². The summed E-state index contributed by atoms with van der Waals surface area (Å²) in [5, 5.41) is 4.46. The summed E-state index contributed by atoms with van der Waals surface area (Å²) in [5.74, 6) is 3.39. The van der Waals surface area contributed by atoms with Crippen molar-refractivity contribution in [3.05, 3.63) is 97.1 Å². The minimum atomic E-state index is -0.919. The summed E-state index contributed by atoms with van der Waals surface area (Å²) in [6.45, 7) is 0. The van der Waals surface area contributed by atoms with Gasteiger partial charge < -0.3 is 23.7 Å². The van der Waals surface area contributed by atoms with Crippen LogP contribution < -0.4 is 40.2 Å². The SMILES string of the molecule is COc1ccccc1P(COCP(c1ccccc1OC)c1ccccc1OC)c1ccccc1OC. The zero-order valence-electron chi connectivity index (χ0n) is 21.6. The molecule has 0 spiro atoms. The van der Waals surface area contributed by atoms with E-state index in [4.69, 9.17) is 23.7 Å². The Morgan fingerprint density at radius 2 is 0.649 bits per heavy atom. The molecule has 0 radical (unpaired) electrons. The predicted molar refractivity (Wildman–Crippen MR) is 155 cm³/mol. The second kappa shape index (κ2) is 13.4. The van der Waals surface area contributed by atoms with Crippen molar-refractivity contribution in [2.45, 2.75) is 0 Å². The lowest BCUT2D eigenvalue weighted by Gasteiger charge is -2.26. The largest absolute Gasteiger partial charge is 0.496 e. The zero-order chi connectivity index (χ0) is 26.0. The molecule has 0 saturated carbocycles. The Bertz CT molecular complexity index is 1100. The van der Waals surface area contributed by atoms with Gasteiger partial charge in [0.05, 0.1) is 41.1 Å². The second-order valence-electron chi connectivity index (χ2n) is 8.01. The highest BCUT2D eigenvalue weighted by atomic mass is 31.1. The van der Waals surface area contributed by atoms with Gasteiger partial charge in [-0.25, -0.2) is 0 Å². The van der Waals surface area contributed by atoms with Crippen LogP contribution in [0.3, 0.4) is 0 Å². The van der Waals surface area contributed by atoms with Crippen molar-refractivity contribution in [1.82, 2.24) is 0 Å². The van der Waals surface area contributed by atoms with Crippen molar-refractivity contribution in [3.63, 3.8) is 0 Å². The van der Waals surface area contributed by atoms with Crippen LogP contribution in [0.15, 0.2) is 97.1 Å². The fourth-order valence-electron chi connectivity index (χ4n) is 4.17. The van der Waals surface area contributed by atoms with Gasteiger partial charge >= 0.3 is 0 Å². The van der Waals surface area contributed by atoms with Crippen molar-refractivity contribution < 1.29 is 23.7 Å². The van der Waals surface area contributed by atoms with E-state index in [0.29, 0.717) is 12.7 Å². The first-order chi connectivity index (χ1) is 18.2. The number of benzene rings is 4. The first-order valence-electron chi connectivity index (χ1n) is 11.9. The van der Waals surface area contributed by atoms with E-state index in [9.17, 15) is 0 Å². The molecule has 0 heterocycles. The van der Waals surface area contributed by atoms with Gasteiger partial charge in [0.1, 0.15) is 23.0 Å². The fraction of sp³-hybridized carbons (Fsp3) is 0.200. The van der Waals surface area contributed by atoms with Crippen LogP contribution in [-0.4, -0.2) is 41.1 Å². The molecule has 0 amide bonds. The number of rotatable bonds is 12. The molecule has 37 heavy (non-hydrogen) atoms. The molecule has 4 rings (SSSR count). The Morgan fingerprint density at radius 1 is 0.405 bits per heavy atom. The van der Waals surface area contributed by atoms with Gasteiger partial charge in [-0.05, 0) is 40.1 Å². The molecule has 4 aromatic rings. The van der Waals surface area contributed by atoms with Crippen LogP contribution in [0.4, 0.5) is 0 Å². The topological polar surface area (TPSA) is 46.2 Å². The molecule has 4 aromatic carbocycles. The van der Waals surface area contributed by atoms with E-state index in [0.717, 1.165) is 44.2 Å². The summed E-state index contributed by atoms with van der Waals surface area (Å²) in [7, 11) is 4.99. The zero-order valence-corrected chi connectivity index (χ0v) is 23.4. The molecule has 192 valence electrons. The monoisotopic (exact) mass is 534 g/mol. The Morgan fingerprint density at radius 3 is 0.892 bits per heavy atom. The third-order valence-corrected chi connectivity index (χ3v) is 10.6. The Hall–Kier alpha value is -3.10. The highest BCUT2D eigenvalue weighted by Gasteiger charge is 2.25. The first kappa shape index (κ1) is 26.9. The highest BCUT2D eigenvalue weighted by molar-refractivity contribution is 7.74. The Labute approximate surface area is 221 Å². The number of hydrogen-bond acceptors (Lipinski definition) is 5. The van der Waals surface area contributed by atoms with Crippen molar-refractivity contribution in [2.24, 2.45) is 0 Å². The van der Waals surface area contributed by atoms with E-state index >= 15 is 0 Å². The first-order valence-corrected chi connectivity index (χ1v) is 14.9. The molecule has 0 saturated heterocycles. The molecular weight excluding hydrogens is 502 g/mol. The summed E-state index contributed by atoms with van der Waals surface area (Å²) in [5.41, 5.74) is 0. The Balaban J connectivity index is 1.70. The lowest BCUT2D eigenvalue weighted by molar-refractivity contribution is 0.235. The third-order valence-electron chi connectivity index (χ3n) is 5.94. The highest BCUT2D eigenvalue weighted by Crippen LogP contribution is 2.44. The maximum Gasteiger partial charge on any atom is 0.126 e. The molecule has 5 nitrogen and oxygen atoms in total. The molecule has 7 heteroatoms. The average Bonchev–Trinajstić information content (AvgIpc) is 2.97. The van der Waals surface area contributed by atoms with E-state index in [1.165, 1.54) is 0 Å². The number of methoxy groups -OCH3 is 4. The van der Waals surface area contributed by atoms with Gasteiger partial charge in [-0.2, -0.15) is 0 Å². The number of hydrogen-bond donors (Lipinski definition) is 0. The molecule has 0 aliphatic heterocycles. The van der Waals surface area contributed by atoms with Crippen LogP contribution in [-0.2, 0) is 4.74 Å². The molecule has 0 fully saturated rings. The number of ether oxygens (including phenoxy) is 5. The normalized spacial score (nSPS) is 11.0. The van der Waals surface area contributed by atoms with Gasteiger partial charge in [0.2, 0.25) is 0 Å². The number of para-hydroxylation sites is 4. The summed E-state index contributed by atoms with van der Waals surface area (Å²) >= 11 is 0. The van der Waals surface area contributed by atoms with Gasteiger partial charge in [0.25, 0.3) is 0 Å². The molecule has 0 N–H and O–H groups in total. The molecule has 0 aliphatic carbocycles. The van der Waals surface area contributed by atoms with E-state index < -0.39 is 15.8 Å². The molecule has 0 aliphatic rings. The molecule has 0 atom stereocenters. The van der Waals surface area contributed by atoms with Crippen LogP contribution in [0, 0.1) is 0 Å². The van der Waals surface area contributed by atoms with Crippen molar-refractivity contribution in [1.29, 1.82) is 0 Å². The predicted octanol–water partition coefficient (Wildman–Crippen LogP) is 5.22. The van der Waals surface area contributed by atoms with Gasteiger partial charge in [-0.3, -0.25) is 0 Å². The molecular formula is C30H32O5P2. The van der Waals surface area contributed by atoms with Crippen LogP contribution >= 0.6 is 15.8 Å². The van der Waals surface area contributed by atoms with Crippen molar-refractivity contribution >= 4 is 37.1 Å². The molecule has 0 unspecified atom stereocenters. The van der Waals surface area contributed by atoms with Crippen molar-refractivity contribution in [2.75, 3.05) is 41.1 Å². The maximum atomic E-state index is 6.61. The van der Waals surface area contributed by atoms with Gasteiger partial charge in [0, 0.05) is 21.2 Å². The van der Waals surface area contributed by atoms with E-state index in [2.05, 4.69) is 24.3 Å². The van der Waals surface area contributed by atoms with Crippen LogP contribution in [0.1, 0.15) is 0 Å². The van der Waals surface area contributed by atoms with Gasteiger partial charge in [-0.15, -0.1) is 0 Å². The standard InChI is InChI=1S/C30H32O5P2/c1-31-23-13-5-9-17-27(23)36(28-18-10-6-14-24(28)32-2)21-35-22-37(29-19-11-7-15-25(29)33-3)30-20-12-8-16-26(30)34-4/h5-20H,21-22H2,1-4H3. The summed E-state index contributed by atoms with van der Waals surface area (Å²) < 4.78 is 29.6. The van der Waals surface area contributed by atoms with Gasteiger partial charge in [-0.1, -0.05) is 72.8 Å². The van der Waals surface area contributed by atoms with Gasteiger partial charge in [0.15, 0.2) is 0 Å². The fourth-order valence-corrected chi connectivity index (χ4v) is 8.73. The van der Waals surface area contributed by atoms with Crippen molar-refractivity contribution in [3.8, 4) is 23.0 Å². The van der Waals surface area contributed by atoms with Crippen LogP contribution in [0.25, 0.3) is 0 Å². The summed E-state index contributed by atoms with van der Waals surface area (Å²) in [6.07, 6.45) is 1.03.